The van der Waals surface area contributed by atoms with Crippen molar-refractivity contribution in [2.24, 2.45) is 10.7 Å². The second kappa shape index (κ2) is 6.60. The van der Waals surface area contributed by atoms with E-state index in [0.717, 1.165) is 27.8 Å². The van der Waals surface area contributed by atoms with E-state index >= 15 is 0 Å². The van der Waals surface area contributed by atoms with Crippen molar-refractivity contribution in [2.75, 3.05) is 7.05 Å². The fourth-order valence-electron chi connectivity index (χ4n) is 3.73. The van der Waals surface area contributed by atoms with Crippen molar-refractivity contribution >= 4 is 11.9 Å². The largest absolute Gasteiger partial charge is 0.369 e. The molecule has 140 valence electrons. The first-order chi connectivity index (χ1) is 13.4. The molecule has 1 amide bonds. The van der Waals surface area contributed by atoms with E-state index in [-0.39, 0.29) is 17.7 Å². The highest BCUT2D eigenvalue weighted by Gasteiger charge is 2.49. The van der Waals surface area contributed by atoms with Crippen LogP contribution in [0.5, 0.6) is 0 Å². The molecule has 2 N–H and O–H groups in total. The third-order valence-electron chi connectivity index (χ3n) is 5.21. The fourth-order valence-corrected chi connectivity index (χ4v) is 3.73. The highest BCUT2D eigenvalue weighted by molar-refractivity contribution is 6.09. The van der Waals surface area contributed by atoms with Crippen molar-refractivity contribution in [1.82, 2.24) is 4.90 Å². The summed E-state index contributed by atoms with van der Waals surface area (Å²) >= 11 is 0. The van der Waals surface area contributed by atoms with E-state index in [9.17, 15) is 9.18 Å². The number of carbonyl (C=O) groups excluding carboxylic acids is 1. The molecule has 0 bridgehead atoms. The number of aliphatic imine (C=N–C) groups is 1. The molecule has 1 aliphatic heterocycles. The summed E-state index contributed by atoms with van der Waals surface area (Å²) in [6.07, 6.45) is 0. The SMILES string of the molecule is Cc1cc(F)ccc1-c1cccc(C2(c3ccccc3)N=C(N)N(C)C2=O)c1. The Morgan fingerprint density at radius 3 is 2.32 bits per heavy atom. The maximum Gasteiger partial charge on any atom is 0.266 e. The van der Waals surface area contributed by atoms with E-state index in [1.165, 1.54) is 17.0 Å². The lowest BCUT2D eigenvalue weighted by Crippen LogP contribution is -2.41. The van der Waals surface area contributed by atoms with Gasteiger partial charge in [-0.3, -0.25) is 9.69 Å². The van der Waals surface area contributed by atoms with Crippen LogP contribution < -0.4 is 5.73 Å². The number of nitrogens with zero attached hydrogens (tertiary/aromatic N) is 2. The van der Waals surface area contributed by atoms with E-state index in [4.69, 9.17) is 5.73 Å². The normalized spacial score (nSPS) is 19.0. The summed E-state index contributed by atoms with van der Waals surface area (Å²) in [5.74, 6) is -0.301. The van der Waals surface area contributed by atoms with Crippen molar-refractivity contribution in [2.45, 2.75) is 12.5 Å². The van der Waals surface area contributed by atoms with Crippen LogP contribution in [0.15, 0.2) is 77.8 Å². The van der Waals surface area contributed by atoms with Crippen LogP contribution in [0, 0.1) is 12.7 Å². The van der Waals surface area contributed by atoms with E-state index in [1.807, 2.05) is 61.5 Å². The van der Waals surface area contributed by atoms with Crippen molar-refractivity contribution in [1.29, 1.82) is 0 Å². The summed E-state index contributed by atoms with van der Waals surface area (Å²) in [5.41, 5.74) is 8.88. The minimum atomic E-state index is -1.23. The minimum Gasteiger partial charge on any atom is -0.369 e. The maximum atomic E-state index is 13.5. The third-order valence-corrected chi connectivity index (χ3v) is 5.21. The van der Waals surface area contributed by atoms with Gasteiger partial charge in [0.1, 0.15) is 5.82 Å². The second-order valence-corrected chi connectivity index (χ2v) is 6.95. The van der Waals surface area contributed by atoms with Crippen LogP contribution in [0.4, 0.5) is 4.39 Å². The zero-order valence-corrected chi connectivity index (χ0v) is 15.7. The standard InChI is InChI=1S/C23H20FN3O/c1-15-13-19(24)11-12-20(15)16-7-6-10-18(14-16)23(17-8-4-3-5-9-17)21(28)27(2)22(25)26-23/h3-14H,1-2H3,(H2,25,26). The lowest BCUT2D eigenvalue weighted by molar-refractivity contribution is -0.129. The monoisotopic (exact) mass is 373 g/mol. The lowest BCUT2D eigenvalue weighted by atomic mass is 9.81. The highest BCUT2D eigenvalue weighted by Crippen LogP contribution is 2.40. The Morgan fingerprint density at radius 2 is 1.68 bits per heavy atom. The quantitative estimate of drug-likeness (QED) is 0.758. The Hall–Kier alpha value is -3.47. The van der Waals surface area contributed by atoms with Crippen molar-refractivity contribution in [3.63, 3.8) is 0 Å². The highest BCUT2D eigenvalue weighted by atomic mass is 19.1. The first kappa shape index (κ1) is 17.9. The number of guanidine groups is 1. The lowest BCUT2D eigenvalue weighted by Gasteiger charge is -2.26. The second-order valence-electron chi connectivity index (χ2n) is 6.95. The zero-order valence-electron chi connectivity index (χ0n) is 15.7. The maximum absolute atomic E-state index is 13.5. The van der Waals surface area contributed by atoms with Crippen LogP contribution in [0.25, 0.3) is 11.1 Å². The predicted octanol–water partition coefficient (Wildman–Crippen LogP) is 3.83. The summed E-state index contributed by atoms with van der Waals surface area (Å²) < 4.78 is 13.5. The molecule has 0 aromatic heterocycles. The Kier molecular flexibility index (Phi) is 4.23. The van der Waals surface area contributed by atoms with Gasteiger partial charge in [-0.15, -0.1) is 0 Å². The van der Waals surface area contributed by atoms with E-state index in [2.05, 4.69) is 4.99 Å². The number of aryl methyl sites for hydroxylation is 1. The Bertz CT molecular complexity index is 1090. The molecule has 0 fully saturated rings. The molecule has 3 aromatic carbocycles. The molecule has 1 aliphatic rings. The number of amides is 1. The Balaban J connectivity index is 1.94. The molecule has 3 aromatic rings. The van der Waals surface area contributed by atoms with Crippen molar-refractivity contribution < 1.29 is 9.18 Å². The molecule has 0 spiro atoms. The minimum absolute atomic E-state index is 0.178. The van der Waals surface area contributed by atoms with Crippen LogP contribution in [0.1, 0.15) is 16.7 Å². The van der Waals surface area contributed by atoms with Crippen molar-refractivity contribution in [3.8, 4) is 11.1 Å². The van der Waals surface area contributed by atoms with Gasteiger partial charge in [-0.2, -0.15) is 0 Å². The van der Waals surface area contributed by atoms with Crippen LogP contribution in [-0.4, -0.2) is 23.8 Å². The molecule has 1 atom stereocenters. The van der Waals surface area contributed by atoms with Crippen LogP contribution in [-0.2, 0) is 10.3 Å². The first-order valence-corrected chi connectivity index (χ1v) is 8.99. The van der Waals surface area contributed by atoms with E-state index in [1.54, 1.807) is 13.1 Å². The number of benzene rings is 3. The zero-order chi connectivity index (χ0) is 19.9. The number of halogens is 1. The molecule has 0 radical (unpaired) electrons. The molecule has 1 heterocycles. The van der Waals surface area contributed by atoms with Gasteiger partial charge in [0.15, 0.2) is 11.5 Å². The van der Waals surface area contributed by atoms with Gasteiger partial charge in [0.2, 0.25) is 0 Å². The van der Waals surface area contributed by atoms with Gasteiger partial charge in [0, 0.05) is 7.05 Å². The number of hydrogen-bond donors (Lipinski definition) is 1. The Labute approximate surface area is 163 Å². The summed E-state index contributed by atoms with van der Waals surface area (Å²) in [7, 11) is 1.62. The number of rotatable bonds is 3. The smallest absolute Gasteiger partial charge is 0.266 e. The number of carbonyl (C=O) groups is 1. The van der Waals surface area contributed by atoms with Crippen LogP contribution in [0.3, 0.4) is 0 Å². The first-order valence-electron chi connectivity index (χ1n) is 8.99. The molecule has 4 rings (SSSR count). The molecule has 5 heteroatoms. The molecule has 4 nitrogen and oxygen atoms in total. The molecule has 0 saturated heterocycles. The van der Waals surface area contributed by atoms with Gasteiger partial charge in [0.05, 0.1) is 0 Å². The van der Waals surface area contributed by atoms with Gasteiger partial charge >= 0.3 is 0 Å². The molecular weight excluding hydrogens is 353 g/mol. The summed E-state index contributed by atoms with van der Waals surface area (Å²) in [6, 6.07) is 21.7. The number of hydrogen-bond acceptors (Lipinski definition) is 3. The van der Waals surface area contributed by atoms with Gasteiger partial charge in [-0.1, -0.05) is 54.6 Å². The van der Waals surface area contributed by atoms with E-state index < -0.39 is 5.54 Å². The third kappa shape index (κ3) is 2.67. The van der Waals surface area contributed by atoms with Crippen molar-refractivity contribution in [3.05, 3.63) is 95.3 Å². The topological polar surface area (TPSA) is 58.7 Å². The van der Waals surface area contributed by atoms with Crippen LogP contribution in [0.2, 0.25) is 0 Å². The molecule has 0 saturated carbocycles. The molecule has 28 heavy (non-hydrogen) atoms. The van der Waals surface area contributed by atoms with Gasteiger partial charge < -0.3 is 5.73 Å². The van der Waals surface area contributed by atoms with Crippen LogP contribution >= 0.6 is 0 Å². The summed E-state index contributed by atoms with van der Waals surface area (Å²) in [5, 5.41) is 0. The fraction of sp³-hybridized carbons (Fsp3) is 0.130. The number of nitrogens with two attached hydrogens (primary N) is 1. The molecular formula is C23H20FN3O. The Morgan fingerprint density at radius 1 is 0.964 bits per heavy atom. The summed E-state index contributed by atoms with van der Waals surface area (Å²) in [6.45, 7) is 1.86. The van der Waals surface area contributed by atoms with Gasteiger partial charge in [-0.05, 0) is 52.9 Å². The molecule has 1 unspecified atom stereocenters. The van der Waals surface area contributed by atoms with Gasteiger partial charge in [0.25, 0.3) is 5.91 Å². The summed E-state index contributed by atoms with van der Waals surface area (Å²) in [4.78, 5) is 19.3. The average molecular weight is 373 g/mol. The number of likely N-dealkylation sites (N-methyl/N-ethyl adjacent to an activating group) is 1. The molecule has 0 aliphatic carbocycles. The average Bonchev–Trinajstić information content (AvgIpc) is 2.94. The van der Waals surface area contributed by atoms with Gasteiger partial charge in [-0.25, -0.2) is 9.38 Å². The van der Waals surface area contributed by atoms with E-state index in [0.29, 0.717) is 0 Å². The predicted molar refractivity (Wildman–Crippen MR) is 108 cm³/mol.